The molecule has 4 aromatic rings. The summed E-state index contributed by atoms with van der Waals surface area (Å²) in [7, 11) is 0. The van der Waals surface area contributed by atoms with Crippen molar-refractivity contribution < 1.29 is 9.90 Å². The normalized spacial score (nSPS) is 12.3. The number of aliphatic carboxylic acids is 1. The van der Waals surface area contributed by atoms with Crippen molar-refractivity contribution in [3.63, 3.8) is 0 Å². The fraction of sp³-hybridized carbons (Fsp3) is 0.136. The Balaban J connectivity index is 1.89. The minimum Gasteiger partial charge on any atom is -0.480 e. The average molecular weight is 390 g/mol. The van der Waals surface area contributed by atoms with Gasteiger partial charge >= 0.3 is 5.97 Å². The number of hydrogen-bond acceptors (Lipinski definition) is 4. The van der Waals surface area contributed by atoms with Crippen LogP contribution in [0.1, 0.15) is 17.7 Å². The molecule has 140 valence electrons. The quantitative estimate of drug-likeness (QED) is 0.309. The van der Waals surface area contributed by atoms with Crippen LogP contribution >= 0.6 is 11.8 Å². The molecule has 4 rings (SSSR count). The van der Waals surface area contributed by atoms with E-state index in [9.17, 15) is 14.7 Å². The lowest BCUT2D eigenvalue weighted by Gasteiger charge is -2.16. The van der Waals surface area contributed by atoms with Crippen molar-refractivity contribution in [2.75, 3.05) is 0 Å². The summed E-state index contributed by atoms with van der Waals surface area (Å²) < 4.78 is 1.54. The van der Waals surface area contributed by atoms with Crippen LogP contribution in [0.3, 0.4) is 0 Å². The molecule has 1 atom stereocenters. The first-order chi connectivity index (χ1) is 13.6. The van der Waals surface area contributed by atoms with E-state index in [1.54, 1.807) is 28.8 Å². The van der Waals surface area contributed by atoms with Crippen LogP contribution in [0.25, 0.3) is 21.7 Å². The number of carboxylic acids is 1. The Labute approximate surface area is 165 Å². The fourth-order valence-corrected chi connectivity index (χ4v) is 4.35. The van der Waals surface area contributed by atoms with Gasteiger partial charge in [-0.15, -0.1) is 0 Å². The summed E-state index contributed by atoms with van der Waals surface area (Å²) in [5.74, 6) is -0.966. The Morgan fingerprint density at radius 3 is 2.36 bits per heavy atom. The zero-order valence-electron chi connectivity index (χ0n) is 15.2. The first-order valence-corrected chi connectivity index (χ1v) is 9.84. The maximum atomic E-state index is 13.1. The van der Waals surface area contributed by atoms with Gasteiger partial charge in [-0.3, -0.25) is 14.2 Å². The second-order valence-electron chi connectivity index (χ2n) is 6.41. The number of benzene rings is 3. The molecule has 0 aliphatic carbocycles. The Morgan fingerprint density at radius 2 is 1.71 bits per heavy atom. The number of fused-ring (bicyclic) bond motifs is 2. The van der Waals surface area contributed by atoms with E-state index in [0.717, 1.165) is 22.5 Å². The van der Waals surface area contributed by atoms with Crippen LogP contribution in [0.15, 0.2) is 76.7 Å². The highest BCUT2D eigenvalue weighted by Crippen LogP contribution is 2.35. The molecule has 0 saturated carbocycles. The van der Waals surface area contributed by atoms with Gasteiger partial charge in [-0.1, -0.05) is 66.4 Å². The zero-order valence-corrected chi connectivity index (χ0v) is 16.0. The molecule has 0 aliphatic heterocycles. The molecule has 0 aliphatic rings. The van der Waals surface area contributed by atoms with Gasteiger partial charge in [0.2, 0.25) is 0 Å². The lowest BCUT2D eigenvalue weighted by molar-refractivity contribution is -0.136. The van der Waals surface area contributed by atoms with Crippen molar-refractivity contribution in [1.29, 1.82) is 0 Å². The van der Waals surface area contributed by atoms with Gasteiger partial charge in [-0.25, -0.2) is 4.98 Å². The van der Waals surface area contributed by atoms with Crippen LogP contribution in [0, 0.1) is 0 Å². The SMILES string of the molecule is CCn1c(SC(C(=O)O)c2ccccc2)nc2cc3ccccc3cc2c1=O. The van der Waals surface area contributed by atoms with Gasteiger partial charge in [0.1, 0.15) is 5.25 Å². The molecule has 0 fully saturated rings. The van der Waals surface area contributed by atoms with Crippen molar-refractivity contribution in [2.45, 2.75) is 23.9 Å². The summed E-state index contributed by atoms with van der Waals surface area (Å²) in [5, 5.41) is 11.8. The van der Waals surface area contributed by atoms with Gasteiger partial charge in [0.25, 0.3) is 5.56 Å². The molecule has 6 heteroatoms. The van der Waals surface area contributed by atoms with E-state index in [-0.39, 0.29) is 5.56 Å². The number of carbonyl (C=O) groups is 1. The van der Waals surface area contributed by atoms with Crippen LogP contribution in [-0.4, -0.2) is 20.6 Å². The molecule has 0 spiro atoms. The summed E-state index contributed by atoms with van der Waals surface area (Å²) in [6, 6.07) is 20.5. The number of aromatic nitrogens is 2. The van der Waals surface area contributed by atoms with Crippen LogP contribution in [0.2, 0.25) is 0 Å². The van der Waals surface area contributed by atoms with E-state index >= 15 is 0 Å². The Kier molecular flexibility index (Phi) is 4.88. The predicted molar refractivity (Wildman–Crippen MR) is 112 cm³/mol. The average Bonchev–Trinajstić information content (AvgIpc) is 2.71. The summed E-state index contributed by atoms with van der Waals surface area (Å²) in [6.45, 7) is 2.27. The molecule has 1 heterocycles. The van der Waals surface area contributed by atoms with Gasteiger partial charge in [0.15, 0.2) is 5.16 Å². The van der Waals surface area contributed by atoms with E-state index in [2.05, 4.69) is 4.98 Å². The van der Waals surface area contributed by atoms with Crippen molar-refractivity contribution in [2.24, 2.45) is 0 Å². The molecule has 28 heavy (non-hydrogen) atoms. The van der Waals surface area contributed by atoms with Gasteiger partial charge < -0.3 is 5.11 Å². The molecule has 1 aromatic heterocycles. The third kappa shape index (κ3) is 3.27. The van der Waals surface area contributed by atoms with Gasteiger partial charge in [-0.05, 0) is 35.4 Å². The lowest BCUT2D eigenvalue weighted by Crippen LogP contribution is -2.23. The number of hydrogen-bond donors (Lipinski definition) is 1. The van der Waals surface area contributed by atoms with Crippen molar-refractivity contribution in [3.05, 3.63) is 82.6 Å². The summed E-state index contributed by atoms with van der Waals surface area (Å²) in [4.78, 5) is 29.6. The van der Waals surface area contributed by atoms with Gasteiger partial charge in [0, 0.05) is 6.54 Å². The maximum Gasteiger partial charge on any atom is 0.321 e. The minimum absolute atomic E-state index is 0.155. The lowest BCUT2D eigenvalue weighted by atomic mass is 10.1. The molecule has 0 saturated heterocycles. The third-order valence-electron chi connectivity index (χ3n) is 4.65. The van der Waals surface area contributed by atoms with E-state index < -0.39 is 11.2 Å². The number of carboxylic acid groups (broad SMARTS) is 1. The molecule has 0 bridgehead atoms. The van der Waals surface area contributed by atoms with E-state index in [1.807, 2.05) is 49.4 Å². The highest BCUT2D eigenvalue weighted by atomic mass is 32.2. The number of nitrogens with zero attached hydrogens (tertiary/aromatic N) is 2. The standard InChI is InChI=1S/C22H18N2O3S/c1-2-24-20(25)17-12-15-10-6-7-11-16(15)13-18(17)23-22(24)28-19(21(26)27)14-8-4-3-5-9-14/h3-13,19H,2H2,1H3,(H,26,27). The topological polar surface area (TPSA) is 72.2 Å². The Bertz CT molecular complexity index is 1240. The second-order valence-corrected chi connectivity index (χ2v) is 7.48. The highest BCUT2D eigenvalue weighted by molar-refractivity contribution is 8.00. The molecule has 3 aromatic carbocycles. The molecule has 1 N–H and O–H groups in total. The first-order valence-electron chi connectivity index (χ1n) is 8.96. The third-order valence-corrected chi connectivity index (χ3v) is 5.88. The largest absolute Gasteiger partial charge is 0.480 e. The van der Waals surface area contributed by atoms with Crippen molar-refractivity contribution >= 4 is 39.4 Å². The van der Waals surface area contributed by atoms with Gasteiger partial charge in [0.05, 0.1) is 10.9 Å². The van der Waals surface area contributed by atoms with E-state index in [0.29, 0.717) is 28.2 Å². The molecule has 0 amide bonds. The van der Waals surface area contributed by atoms with Crippen LogP contribution in [0.4, 0.5) is 0 Å². The van der Waals surface area contributed by atoms with Crippen molar-refractivity contribution in [1.82, 2.24) is 9.55 Å². The molecule has 1 unspecified atom stereocenters. The van der Waals surface area contributed by atoms with Crippen LogP contribution in [-0.2, 0) is 11.3 Å². The molecule has 0 radical (unpaired) electrons. The first kappa shape index (κ1) is 18.3. The monoisotopic (exact) mass is 390 g/mol. The van der Waals surface area contributed by atoms with Crippen molar-refractivity contribution in [3.8, 4) is 0 Å². The predicted octanol–water partition coefficient (Wildman–Crippen LogP) is 4.49. The van der Waals surface area contributed by atoms with E-state index in [1.165, 1.54) is 0 Å². The van der Waals surface area contributed by atoms with Gasteiger partial charge in [-0.2, -0.15) is 0 Å². The summed E-state index contributed by atoms with van der Waals surface area (Å²) in [6.07, 6.45) is 0. The summed E-state index contributed by atoms with van der Waals surface area (Å²) in [5.41, 5.74) is 1.08. The summed E-state index contributed by atoms with van der Waals surface area (Å²) >= 11 is 1.09. The highest BCUT2D eigenvalue weighted by Gasteiger charge is 2.24. The van der Waals surface area contributed by atoms with Crippen LogP contribution in [0.5, 0.6) is 0 Å². The number of rotatable bonds is 5. The maximum absolute atomic E-state index is 13.1. The smallest absolute Gasteiger partial charge is 0.321 e. The zero-order chi connectivity index (χ0) is 19.7. The fourth-order valence-electron chi connectivity index (χ4n) is 3.25. The van der Waals surface area contributed by atoms with E-state index in [4.69, 9.17) is 0 Å². The molecular weight excluding hydrogens is 372 g/mol. The molecule has 5 nitrogen and oxygen atoms in total. The minimum atomic E-state index is -0.966. The van der Waals surface area contributed by atoms with Crippen LogP contribution < -0.4 is 5.56 Å². The Hall–Kier alpha value is -3.12. The molecular formula is C22H18N2O3S. The second kappa shape index (κ2) is 7.48. The Morgan fingerprint density at radius 1 is 1.07 bits per heavy atom. The number of thioether (sulfide) groups is 1.